The number of benzene rings is 1. The van der Waals surface area contributed by atoms with E-state index in [0.29, 0.717) is 23.5 Å². The number of hydrogen-bond donors (Lipinski definition) is 0. The summed E-state index contributed by atoms with van der Waals surface area (Å²) in [5.74, 6) is 0.650. The number of para-hydroxylation sites is 1. The van der Waals surface area contributed by atoms with Gasteiger partial charge in [0.05, 0.1) is 6.07 Å². The molecule has 0 aliphatic carbocycles. The Kier molecular flexibility index (Phi) is 2.29. The predicted molar refractivity (Wildman–Crippen MR) is 64.4 cm³/mol. The summed E-state index contributed by atoms with van der Waals surface area (Å²) in [7, 11) is 0. The van der Waals surface area contributed by atoms with Crippen LogP contribution in [0, 0.1) is 6.07 Å². The molecule has 1 aliphatic heterocycles. The first-order valence-electron chi connectivity index (χ1n) is 5.30. The second-order valence-electron chi connectivity index (χ2n) is 3.66. The average molecular weight is 225 g/mol. The van der Waals surface area contributed by atoms with Gasteiger partial charge in [-0.2, -0.15) is 0 Å². The van der Waals surface area contributed by atoms with Crippen LogP contribution in [0.25, 0.3) is 16.7 Å². The fraction of sp³-hybridized carbons (Fsp3) is 0.0714. The minimum Gasteiger partial charge on any atom is -0.489 e. The molecule has 2 heterocycles. The molecule has 1 aromatic carbocycles. The summed E-state index contributed by atoms with van der Waals surface area (Å²) in [6, 6.07) is 10.0. The van der Waals surface area contributed by atoms with Crippen molar-refractivity contribution in [2.45, 2.75) is 0 Å². The van der Waals surface area contributed by atoms with E-state index in [9.17, 15) is 4.79 Å². The number of fused-ring (bicyclic) bond motifs is 1. The third-order valence-electron chi connectivity index (χ3n) is 2.55. The van der Waals surface area contributed by atoms with Gasteiger partial charge in [-0.3, -0.25) is 0 Å². The maximum Gasteiger partial charge on any atom is 0.345 e. The highest BCUT2D eigenvalue weighted by molar-refractivity contribution is 5.88. The van der Waals surface area contributed by atoms with E-state index in [-0.39, 0.29) is 0 Å². The highest BCUT2D eigenvalue weighted by atomic mass is 16.5. The normalized spacial score (nSPS) is 14.5. The molecule has 0 unspecified atom stereocenters. The summed E-state index contributed by atoms with van der Waals surface area (Å²) in [6.07, 6.45) is 5.62. The van der Waals surface area contributed by atoms with Crippen LogP contribution in [0.4, 0.5) is 0 Å². The van der Waals surface area contributed by atoms with Crippen LogP contribution in [-0.4, -0.2) is 6.61 Å². The van der Waals surface area contributed by atoms with Crippen molar-refractivity contribution in [3.63, 3.8) is 0 Å². The summed E-state index contributed by atoms with van der Waals surface area (Å²) in [5, 5.41) is 0.827. The maximum atomic E-state index is 11.4. The molecule has 0 bridgehead atoms. The van der Waals surface area contributed by atoms with Gasteiger partial charge in [0.2, 0.25) is 0 Å². The molecule has 1 radical (unpaired) electrons. The zero-order valence-corrected chi connectivity index (χ0v) is 8.97. The van der Waals surface area contributed by atoms with Crippen LogP contribution in [-0.2, 0) is 4.74 Å². The number of rotatable bonds is 1. The summed E-state index contributed by atoms with van der Waals surface area (Å²) in [5.41, 5.74) is 0.712. The molecule has 0 fully saturated rings. The Hall–Kier alpha value is -2.29. The molecule has 0 N–H and O–H groups in total. The van der Waals surface area contributed by atoms with Crippen LogP contribution in [0.1, 0.15) is 5.56 Å². The topological polar surface area (TPSA) is 39.4 Å². The molecule has 83 valence electrons. The SMILES string of the molecule is O=c1[c]c(C2=CC=CCO2)c2ccccc2o1. The van der Waals surface area contributed by atoms with Crippen LogP contribution in [0.3, 0.4) is 0 Å². The van der Waals surface area contributed by atoms with Crippen molar-refractivity contribution in [2.24, 2.45) is 0 Å². The highest BCUT2D eigenvalue weighted by Crippen LogP contribution is 2.25. The second-order valence-corrected chi connectivity index (χ2v) is 3.66. The summed E-state index contributed by atoms with van der Waals surface area (Å²) >= 11 is 0. The molecule has 3 nitrogen and oxygen atoms in total. The Morgan fingerprint density at radius 1 is 1.24 bits per heavy atom. The van der Waals surface area contributed by atoms with Gasteiger partial charge in [0.25, 0.3) is 0 Å². The quantitative estimate of drug-likeness (QED) is 0.700. The first-order chi connectivity index (χ1) is 8.34. The van der Waals surface area contributed by atoms with Gasteiger partial charge in [0.1, 0.15) is 17.9 Å². The maximum absolute atomic E-state index is 11.4. The fourth-order valence-corrected chi connectivity index (χ4v) is 1.80. The van der Waals surface area contributed by atoms with Gasteiger partial charge in [-0.1, -0.05) is 24.3 Å². The first kappa shape index (κ1) is 9.90. The lowest BCUT2D eigenvalue weighted by Gasteiger charge is -2.12. The molecule has 3 rings (SSSR count). The molecule has 0 saturated heterocycles. The van der Waals surface area contributed by atoms with Gasteiger partial charge < -0.3 is 9.15 Å². The Morgan fingerprint density at radius 2 is 2.12 bits per heavy atom. The third-order valence-corrected chi connectivity index (χ3v) is 2.55. The molecule has 0 spiro atoms. The fourth-order valence-electron chi connectivity index (χ4n) is 1.80. The van der Waals surface area contributed by atoms with Gasteiger partial charge in [-0.05, 0) is 18.2 Å². The molecule has 1 aliphatic rings. The van der Waals surface area contributed by atoms with Crippen LogP contribution in [0.2, 0.25) is 0 Å². The molecule has 1 aromatic heterocycles. The van der Waals surface area contributed by atoms with E-state index in [2.05, 4.69) is 6.07 Å². The largest absolute Gasteiger partial charge is 0.489 e. The summed E-state index contributed by atoms with van der Waals surface area (Å²) < 4.78 is 10.6. The van der Waals surface area contributed by atoms with Crippen LogP contribution >= 0.6 is 0 Å². The van der Waals surface area contributed by atoms with E-state index in [4.69, 9.17) is 9.15 Å². The Balaban J connectivity index is 2.31. The van der Waals surface area contributed by atoms with Crippen LogP contribution in [0.15, 0.2) is 51.7 Å². The molecule has 3 heteroatoms. The van der Waals surface area contributed by atoms with Gasteiger partial charge >= 0.3 is 5.63 Å². The van der Waals surface area contributed by atoms with Crippen molar-refractivity contribution in [3.8, 4) is 0 Å². The third kappa shape index (κ3) is 1.76. The Bertz CT molecular complexity index is 677. The van der Waals surface area contributed by atoms with Crippen molar-refractivity contribution in [1.82, 2.24) is 0 Å². The first-order valence-corrected chi connectivity index (χ1v) is 5.30. The molecule has 0 amide bonds. The van der Waals surface area contributed by atoms with E-state index in [1.165, 1.54) is 0 Å². The van der Waals surface area contributed by atoms with Gasteiger partial charge in [0.15, 0.2) is 0 Å². The van der Waals surface area contributed by atoms with Crippen molar-refractivity contribution < 1.29 is 9.15 Å². The average Bonchev–Trinajstić information content (AvgIpc) is 2.39. The molecule has 0 saturated carbocycles. The van der Waals surface area contributed by atoms with E-state index >= 15 is 0 Å². The Labute approximate surface area is 97.6 Å². The summed E-state index contributed by atoms with van der Waals surface area (Å²) in [6.45, 7) is 0.508. The van der Waals surface area contributed by atoms with Gasteiger partial charge in [0, 0.05) is 10.9 Å². The van der Waals surface area contributed by atoms with Crippen molar-refractivity contribution in [3.05, 3.63) is 64.5 Å². The summed E-state index contributed by atoms with van der Waals surface area (Å²) in [4.78, 5) is 11.4. The van der Waals surface area contributed by atoms with Gasteiger partial charge in [-0.15, -0.1) is 0 Å². The van der Waals surface area contributed by atoms with E-state index in [0.717, 1.165) is 5.39 Å². The smallest absolute Gasteiger partial charge is 0.345 e. The molecule has 2 aromatic rings. The molecule has 17 heavy (non-hydrogen) atoms. The predicted octanol–water partition coefficient (Wildman–Crippen LogP) is 2.52. The number of ether oxygens (including phenoxy) is 1. The van der Waals surface area contributed by atoms with Gasteiger partial charge in [-0.25, -0.2) is 4.79 Å². The lowest BCUT2D eigenvalue weighted by molar-refractivity contribution is 0.316. The second kappa shape index (κ2) is 3.94. The lowest BCUT2D eigenvalue weighted by Crippen LogP contribution is -2.04. The molecular formula is C14H9O3. The minimum absolute atomic E-state index is 0.488. The van der Waals surface area contributed by atoms with E-state index in [1.807, 2.05) is 36.4 Å². The van der Waals surface area contributed by atoms with Crippen molar-refractivity contribution >= 4 is 16.7 Å². The highest BCUT2D eigenvalue weighted by Gasteiger charge is 2.11. The lowest BCUT2D eigenvalue weighted by atomic mass is 10.1. The van der Waals surface area contributed by atoms with Crippen LogP contribution in [0.5, 0.6) is 0 Å². The molecular weight excluding hydrogens is 216 g/mol. The van der Waals surface area contributed by atoms with Crippen molar-refractivity contribution in [2.75, 3.05) is 6.61 Å². The van der Waals surface area contributed by atoms with Crippen molar-refractivity contribution in [1.29, 1.82) is 0 Å². The zero-order chi connectivity index (χ0) is 11.7. The monoisotopic (exact) mass is 225 g/mol. The van der Waals surface area contributed by atoms with Crippen LogP contribution < -0.4 is 5.63 Å². The zero-order valence-electron chi connectivity index (χ0n) is 8.97. The number of allylic oxidation sites excluding steroid dienone is 2. The standard InChI is InChI=1S/C14H9O3/c15-14-9-11(12-6-3-4-8-16-12)10-5-1-2-7-13(10)17-14/h1-7H,8H2. The van der Waals surface area contributed by atoms with E-state index in [1.54, 1.807) is 6.07 Å². The number of hydrogen-bond acceptors (Lipinski definition) is 3. The molecule has 0 atom stereocenters. The van der Waals surface area contributed by atoms with E-state index < -0.39 is 5.63 Å². The minimum atomic E-state index is -0.488. The Morgan fingerprint density at radius 3 is 2.94 bits per heavy atom.